The molecule has 4 nitrogen and oxygen atoms in total. The van der Waals surface area contributed by atoms with Crippen molar-refractivity contribution in [3.63, 3.8) is 0 Å². The van der Waals surface area contributed by atoms with Crippen molar-refractivity contribution in [2.75, 3.05) is 7.11 Å². The molecular formula is C17H14F2INO3. The largest absolute Gasteiger partial charge is 0.467 e. The molecular weight excluding hydrogens is 431 g/mol. The van der Waals surface area contributed by atoms with Gasteiger partial charge in [0.2, 0.25) is 0 Å². The van der Waals surface area contributed by atoms with Crippen LogP contribution in [-0.2, 0) is 16.0 Å². The molecule has 0 bridgehead atoms. The molecule has 0 aliphatic carbocycles. The van der Waals surface area contributed by atoms with Crippen molar-refractivity contribution in [1.82, 2.24) is 5.32 Å². The summed E-state index contributed by atoms with van der Waals surface area (Å²) in [5.41, 5.74) is 0.477. The molecule has 1 amide bonds. The van der Waals surface area contributed by atoms with Crippen LogP contribution in [0.2, 0.25) is 0 Å². The Balaban J connectivity index is 2.19. The Hall–Kier alpha value is -2.03. The van der Waals surface area contributed by atoms with Gasteiger partial charge < -0.3 is 10.1 Å². The van der Waals surface area contributed by atoms with Crippen molar-refractivity contribution >= 4 is 34.5 Å². The molecule has 24 heavy (non-hydrogen) atoms. The highest BCUT2D eigenvalue weighted by Gasteiger charge is 2.24. The standard InChI is InChI=1S/C17H14F2INO3/c1-24-17(23)15(8-10-3-2-4-12(20)7-10)21-16(22)13-6-5-11(18)9-14(13)19/h2-7,9,15H,8H2,1H3,(H,21,22)/t15-/m1/s1. The summed E-state index contributed by atoms with van der Waals surface area (Å²) in [5, 5.41) is 2.43. The molecule has 0 saturated carbocycles. The van der Waals surface area contributed by atoms with E-state index in [0.29, 0.717) is 6.07 Å². The monoisotopic (exact) mass is 445 g/mol. The van der Waals surface area contributed by atoms with Gasteiger partial charge in [-0.2, -0.15) is 0 Å². The molecule has 0 unspecified atom stereocenters. The van der Waals surface area contributed by atoms with Crippen LogP contribution in [0.15, 0.2) is 42.5 Å². The number of carbonyl (C=O) groups is 2. The maximum Gasteiger partial charge on any atom is 0.328 e. The molecule has 0 aliphatic rings. The lowest BCUT2D eigenvalue weighted by Crippen LogP contribution is -2.43. The third-order valence-electron chi connectivity index (χ3n) is 3.30. The van der Waals surface area contributed by atoms with Gasteiger partial charge in [-0.05, 0) is 52.4 Å². The van der Waals surface area contributed by atoms with Crippen molar-refractivity contribution in [1.29, 1.82) is 0 Å². The molecule has 0 fully saturated rings. The van der Waals surface area contributed by atoms with Crippen LogP contribution in [0, 0.1) is 15.2 Å². The first-order valence-electron chi connectivity index (χ1n) is 6.99. The number of rotatable bonds is 5. The Kier molecular flexibility index (Phi) is 6.24. The number of halogens is 3. The van der Waals surface area contributed by atoms with Gasteiger partial charge in [0.1, 0.15) is 17.7 Å². The van der Waals surface area contributed by atoms with Gasteiger partial charge in [0.25, 0.3) is 5.91 Å². The van der Waals surface area contributed by atoms with E-state index in [4.69, 9.17) is 4.74 Å². The number of carbonyl (C=O) groups excluding carboxylic acids is 2. The topological polar surface area (TPSA) is 55.4 Å². The molecule has 1 atom stereocenters. The minimum Gasteiger partial charge on any atom is -0.467 e. The fraction of sp³-hybridized carbons (Fsp3) is 0.176. The summed E-state index contributed by atoms with van der Waals surface area (Å²) in [6.07, 6.45) is 0.193. The number of benzene rings is 2. The Morgan fingerprint density at radius 3 is 2.58 bits per heavy atom. The van der Waals surface area contributed by atoms with Crippen LogP contribution in [0.1, 0.15) is 15.9 Å². The number of hydrogen-bond donors (Lipinski definition) is 1. The predicted molar refractivity (Wildman–Crippen MR) is 92.5 cm³/mol. The highest BCUT2D eigenvalue weighted by atomic mass is 127. The predicted octanol–water partition coefficient (Wildman–Crippen LogP) is 3.08. The molecule has 2 rings (SSSR count). The van der Waals surface area contributed by atoms with Crippen molar-refractivity contribution in [2.24, 2.45) is 0 Å². The fourth-order valence-electron chi connectivity index (χ4n) is 2.14. The summed E-state index contributed by atoms with van der Waals surface area (Å²) in [7, 11) is 1.20. The molecule has 0 heterocycles. The van der Waals surface area contributed by atoms with E-state index < -0.39 is 29.6 Å². The summed E-state index contributed by atoms with van der Waals surface area (Å²) in [6, 6.07) is 9.03. The zero-order chi connectivity index (χ0) is 17.7. The zero-order valence-corrected chi connectivity index (χ0v) is 14.8. The average molecular weight is 445 g/mol. The number of hydrogen-bond acceptors (Lipinski definition) is 3. The van der Waals surface area contributed by atoms with Gasteiger partial charge in [0.15, 0.2) is 0 Å². The van der Waals surface area contributed by atoms with E-state index in [-0.39, 0.29) is 12.0 Å². The molecule has 0 saturated heterocycles. The van der Waals surface area contributed by atoms with E-state index >= 15 is 0 Å². The van der Waals surface area contributed by atoms with Gasteiger partial charge in [0.05, 0.1) is 12.7 Å². The fourth-order valence-corrected chi connectivity index (χ4v) is 2.75. The Labute approximate surface area is 151 Å². The van der Waals surface area contributed by atoms with Gasteiger partial charge in [-0.3, -0.25) is 4.79 Å². The van der Waals surface area contributed by atoms with E-state index in [1.165, 1.54) is 7.11 Å². The van der Waals surface area contributed by atoms with E-state index in [0.717, 1.165) is 21.3 Å². The highest BCUT2D eigenvalue weighted by molar-refractivity contribution is 14.1. The maximum atomic E-state index is 13.7. The molecule has 0 aromatic heterocycles. The third-order valence-corrected chi connectivity index (χ3v) is 3.97. The molecule has 2 aromatic carbocycles. The van der Waals surface area contributed by atoms with Crippen LogP contribution < -0.4 is 5.32 Å². The summed E-state index contributed by atoms with van der Waals surface area (Å²) in [4.78, 5) is 24.1. The lowest BCUT2D eigenvalue weighted by molar-refractivity contribution is -0.142. The van der Waals surface area contributed by atoms with Gasteiger partial charge in [-0.1, -0.05) is 12.1 Å². The summed E-state index contributed by atoms with van der Waals surface area (Å²) >= 11 is 2.13. The SMILES string of the molecule is COC(=O)[C@@H](Cc1cccc(I)c1)NC(=O)c1ccc(F)cc1F. The van der Waals surface area contributed by atoms with Gasteiger partial charge in [-0.15, -0.1) is 0 Å². The lowest BCUT2D eigenvalue weighted by Gasteiger charge is -2.17. The summed E-state index contributed by atoms with van der Waals surface area (Å²) in [5.74, 6) is -3.24. The van der Waals surface area contributed by atoms with Crippen LogP contribution >= 0.6 is 22.6 Å². The minimum atomic E-state index is -0.995. The van der Waals surface area contributed by atoms with Crippen molar-refractivity contribution in [2.45, 2.75) is 12.5 Å². The Morgan fingerprint density at radius 2 is 1.96 bits per heavy atom. The van der Waals surface area contributed by atoms with Crippen LogP contribution in [0.4, 0.5) is 8.78 Å². The smallest absolute Gasteiger partial charge is 0.328 e. The second kappa shape index (κ2) is 8.18. The van der Waals surface area contributed by atoms with Crippen LogP contribution in [0.25, 0.3) is 0 Å². The molecule has 126 valence electrons. The van der Waals surface area contributed by atoms with Crippen LogP contribution in [0.3, 0.4) is 0 Å². The van der Waals surface area contributed by atoms with Gasteiger partial charge in [-0.25, -0.2) is 13.6 Å². The average Bonchev–Trinajstić information content (AvgIpc) is 2.53. The van der Waals surface area contributed by atoms with E-state index in [2.05, 4.69) is 27.9 Å². The van der Waals surface area contributed by atoms with Crippen molar-refractivity contribution in [3.8, 4) is 0 Å². The zero-order valence-electron chi connectivity index (χ0n) is 12.7. The normalized spacial score (nSPS) is 11.7. The lowest BCUT2D eigenvalue weighted by atomic mass is 10.1. The summed E-state index contributed by atoms with van der Waals surface area (Å²) in [6.45, 7) is 0. The highest BCUT2D eigenvalue weighted by Crippen LogP contribution is 2.13. The minimum absolute atomic E-state index is 0.193. The number of amides is 1. The van der Waals surface area contributed by atoms with E-state index in [9.17, 15) is 18.4 Å². The van der Waals surface area contributed by atoms with Gasteiger partial charge >= 0.3 is 5.97 Å². The second-order valence-electron chi connectivity index (χ2n) is 5.01. The Bertz CT molecular complexity index is 767. The Morgan fingerprint density at radius 1 is 1.21 bits per heavy atom. The molecule has 2 aromatic rings. The van der Waals surface area contributed by atoms with Crippen molar-refractivity contribution < 1.29 is 23.1 Å². The van der Waals surface area contributed by atoms with Crippen molar-refractivity contribution in [3.05, 3.63) is 68.8 Å². The summed E-state index contributed by atoms with van der Waals surface area (Å²) < 4.78 is 32.3. The molecule has 0 spiro atoms. The first-order chi connectivity index (χ1) is 11.4. The number of nitrogens with one attached hydrogen (secondary N) is 1. The first kappa shape index (κ1) is 18.3. The maximum absolute atomic E-state index is 13.7. The van der Waals surface area contributed by atoms with Crippen LogP contribution in [-0.4, -0.2) is 25.0 Å². The molecule has 0 radical (unpaired) electrons. The second-order valence-corrected chi connectivity index (χ2v) is 6.25. The van der Waals surface area contributed by atoms with Crippen LogP contribution in [0.5, 0.6) is 0 Å². The first-order valence-corrected chi connectivity index (χ1v) is 8.06. The molecule has 7 heteroatoms. The van der Waals surface area contributed by atoms with E-state index in [1.54, 1.807) is 0 Å². The number of ether oxygens (including phenoxy) is 1. The molecule has 0 aliphatic heterocycles. The number of esters is 1. The molecule has 1 N–H and O–H groups in total. The third kappa shape index (κ3) is 4.73. The van der Waals surface area contributed by atoms with E-state index in [1.807, 2.05) is 24.3 Å². The van der Waals surface area contributed by atoms with Gasteiger partial charge in [0, 0.05) is 16.1 Å². The quantitative estimate of drug-likeness (QED) is 0.569. The number of methoxy groups -OCH3 is 1.